The molecule has 8 nitrogen and oxygen atoms in total. The number of benzene rings is 3. The van der Waals surface area contributed by atoms with E-state index in [1.807, 2.05) is 30.3 Å². The van der Waals surface area contributed by atoms with Crippen LogP contribution in [0.4, 0.5) is 5.69 Å². The number of carbonyl (C=O) groups excluding carboxylic acids is 1. The topological polar surface area (TPSA) is 115 Å². The molecule has 0 saturated carbocycles. The Hall–Kier alpha value is -4.38. The molecule has 0 spiro atoms. The molecule has 0 aliphatic heterocycles. The van der Waals surface area contributed by atoms with Gasteiger partial charge in [-0.05, 0) is 49.7 Å². The lowest BCUT2D eigenvalue weighted by Gasteiger charge is -2.15. The Labute approximate surface area is 251 Å². The predicted molar refractivity (Wildman–Crippen MR) is 164 cm³/mol. The fraction of sp³-hybridized carbons (Fsp3) is 0.0968. The molecule has 214 valence electrons. The van der Waals surface area contributed by atoms with Gasteiger partial charge in [0.05, 0.1) is 18.0 Å². The summed E-state index contributed by atoms with van der Waals surface area (Å²) in [4.78, 5) is 25.7. The number of aromatic carboxylic acids is 1. The van der Waals surface area contributed by atoms with E-state index in [4.69, 9.17) is 16.3 Å². The molecular weight excluding hydrogens is 596 g/mol. The van der Waals surface area contributed by atoms with Crippen molar-refractivity contribution in [1.29, 1.82) is 0 Å². The summed E-state index contributed by atoms with van der Waals surface area (Å²) in [6.45, 7) is 3.27. The third kappa shape index (κ3) is 5.56. The highest BCUT2D eigenvalue weighted by Crippen LogP contribution is 2.41. The highest BCUT2D eigenvalue weighted by molar-refractivity contribution is 7.93. The number of anilines is 1. The zero-order chi connectivity index (χ0) is 30.0. The van der Waals surface area contributed by atoms with E-state index in [-0.39, 0.29) is 39.0 Å². The van der Waals surface area contributed by atoms with E-state index in [0.29, 0.717) is 21.2 Å². The summed E-state index contributed by atoms with van der Waals surface area (Å²) < 4.78 is 38.0. The van der Waals surface area contributed by atoms with Crippen LogP contribution in [0.15, 0.2) is 95.9 Å². The first-order chi connectivity index (χ1) is 20.1. The van der Waals surface area contributed by atoms with Crippen LogP contribution in [0.3, 0.4) is 0 Å². The first-order valence-corrected chi connectivity index (χ1v) is 15.5. The zero-order valence-corrected chi connectivity index (χ0v) is 24.9. The minimum absolute atomic E-state index is 0.0297. The summed E-state index contributed by atoms with van der Waals surface area (Å²) in [6.07, 6.45) is 0. The number of aromatic nitrogens is 1. The first-order valence-electron chi connectivity index (χ1n) is 12.8. The van der Waals surface area contributed by atoms with Crippen molar-refractivity contribution < 1.29 is 27.9 Å². The van der Waals surface area contributed by atoms with E-state index in [0.717, 1.165) is 16.9 Å². The lowest BCUT2D eigenvalue weighted by Crippen LogP contribution is -2.16. The van der Waals surface area contributed by atoms with Crippen LogP contribution in [0.5, 0.6) is 0 Å². The Morgan fingerprint density at radius 1 is 0.952 bits per heavy atom. The molecule has 3 aromatic carbocycles. The number of carbonyl (C=O) groups is 2. The number of carboxylic acid groups (broad SMARTS) is 1. The van der Waals surface area contributed by atoms with E-state index in [2.05, 4.69) is 4.72 Å². The fourth-order valence-corrected chi connectivity index (χ4v) is 7.37. The number of halogens is 1. The molecule has 0 fully saturated rings. The minimum atomic E-state index is -4.48. The number of rotatable bonds is 9. The van der Waals surface area contributed by atoms with E-state index in [9.17, 15) is 23.1 Å². The van der Waals surface area contributed by atoms with Gasteiger partial charge in [-0.2, -0.15) is 0 Å². The molecule has 0 unspecified atom stereocenters. The van der Waals surface area contributed by atoms with Crippen LogP contribution < -0.4 is 4.72 Å². The van der Waals surface area contributed by atoms with Gasteiger partial charge in [0.2, 0.25) is 0 Å². The third-order valence-corrected chi connectivity index (χ3v) is 9.41. The maximum atomic E-state index is 14.3. The maximum absolute atomic E-state index is 14.3. The molecule has 2 N–H and O–H groups in total. The van der Waals surface area contributed by atoms with Crippen molar-refractivity contribution in [3.63, 3.8) is 0 Å². The summed E-state index contributed by atoms with van der Waals surface area (Å²) in [5, 5.41) is 10.4. The van der Waals surface area contributed by atoms with Gasteiger partial charge in [0.1, 0.15) is 15.5 Å². The van der Waals surface area contributed by atoms with Gasteiger partial charge in [-0.15, -0.1) is 11.3 Å². The maximum Gasteiger partial charge on any atom is 0.355 e. The van der Waals surface area contributed by atoms with Crippen molar-refractivity contribution in [2.45, 2.75) is 18.7 Å². The minimum Gasteiger partial charge on any atom is -0.477 e. The molecule has 2 heterocycles. The average Bonchev–Trinajstić information content (AvgIpc) is 3.53. The van der Waals surface area contributed by atoms with Crippen LogP contribution in [-0.4, -0.2) is 36.6 Å². The number of esters is 1. The Morgan fingerprint density at radius 2 is 1.57 bits per heavy atom. The lowest BCUT2D eigenvalue weighted by molar-refractivity contribution is 0.0515. The average molecular weight is 621 g/mol. The highest BCUT2D eigenvalue weighted by Gasteiger charge is 2.35. The number of nitrogens with zero attached hydrogens (tertiary/aromatic N) is 1. The number of carboxylic acids is 1. The van der Waals surface area contributed by atoms with Gasteiger partial charge in [0.15, 0.2) is 0 Å². The molecular formula is C31H25ClN2O6S2. The molecule has 0 aliphatic rings. The monoisotopic (exact) mass is 620 g/mol. The summed E-state index contributed by atoms with van der Waals surface area (Å²) in [7, 11) is -4.48. The molecule has 5 rings (SSSR count). The van der Waals surface area contributed by atoms with Crippen molar-refractivity contribution >= 4 is 50.6 Å². The Kier molecular flexibility index (Phi) is 8.22. The van der Waals surface area contributed by atoms with E-state index in [1.165, 1.54) is 13.0 Å². The van der Waals surface area contributed by atoms with Crippen LogP contribution in [-0.2, 0) is 14.8 Å². The van der Waals surface area contributed by atoms with Crippen molar-refractivity contribution in [1.82, 2.24) is 4.57 Å². The van der Waals surface area contributed by atoms with Crippen LogP contribution in [0, 0.1) is 6.92 Å². The summed E-state index contributed by atoms with van der Waals surface area (Å²) in [5.74, 6) is -1.98. The van der Waals surface area contributed by atoms with Gasteiger partial charge >= 0.3 is 11.9 Å². The zero-order valence-electron chi connectivity index (χ0n) is 22.5. The molecule has 42 heavy (non-hydrogen) atoms. The number of hydrogen-bond donors (Lipinski definition) is 2. The molecule has 0 amide bonds. The van der Waals surface area contributed by atoms with Crippen molar-refractivity contribution in [2.24, 2.45) is 0 Å². The number of para-hydroxylation sites is 1. The highest BCUT2D eigenvalue weighted by atomic mass is 35.5. The Bertz CT molecular complexity index is 1880. The van der Waals surface area contributed by atoms with Gasteiger partial charge in [0.25, 0.3) is 10.0 Å². The molecule has 0 radical (unpaired) electrons. The largest absolute Gasteiger partial charge is 0.477 e. The van der Waals surface area contributed by atoms with Gasteiger partial charge in [0, 0.05) is 26.7 Å². The number of nitrogens with one attached hydrogen (secondary N) is 1. The molecule has 5 aromatic rings. The van der Waals surface area contributed by atoms with E-state index >= 15 is 0 Å². The van der Waals surface area contributed by atoms with Crippen LogP contribution in [0.1, 0.15) is 32.6 Å². The van der Waals surface area contributed by atoms with Crippen LogP contribution in [0.2, 0.25) is 5.02 Å². The van der Waals surface area contributed by atoms with Crippen molar-refractivity contribution in [3.8, 4) is 27.4 Å². The first kappa shape index (κ1) is 29.1. The lowest BCUT2D eigenvalue weighted by atomic mass is 10.1. The Balaban J connectivity index is 1.77. The van der Waals surface area contributed by atoms with Crippen molar-refractivity contribution in [3.05, 3.63) is 112 Å². The molecule has 11 heteroatoms. The SMILES string of the molecule is CCOC(=O)c1c(C)c(S(=O)(=O)Nc2cc(-c3ccccc3)sc2C(=O)O)c(-c2ccc(Cl)cc2)n1-c1ccccc1. The van der Waals surface area contributed by atoms with E-state index in [1.54, 1.807) is 66.1 Å². The summed E-state index contributed by atoms with van der Waals surface area (Å²) >= 11 is 7.11. The smallest absolute Gasteiger partial charge is 0.355 e. The summed E-state index contributed by atoms with van der Waals surface area (Å²) in [5.41, 5.74) is 2.03. The van der Waals surface area contributed by atoms with Crippen LogP contribution in [0.25, 0.3) is 27.4 Å². The molecule has 0 aliphatic carbocycles. The Morgan fingerprint density at radius 3 is 2.17 bits per heavy atom. The fourth-order valence-electron chi connectivity index (χ4n) is 4.71. The van der Waals surface area contributed by atoms with Crippen molar-refractivity contribution in [2.75, 3.05) is 11.3 Å². The predicted octanol–water partition coefficient (Wildman–Crippen LogP) is 7.51. The number of hydrogen-bond acceptors (Lipinski definition) is 6. The quantitative estimate of drug-likeness (QED) is 0.165. The molecule has 0 saturated heterocycles. The number of thiophene rings is 1. The van der Waals surface area contributed by atoms with Gasteiger partial charge in [-0.1, -0.05) is 72.3 Å². The second-order valence-corrected chi connectivity index (χ2v) is 12.3. The molecule has 2 aromatic heterocycles. The van der Waals surface area contributed by atoms with E-state index < -0.39 is 22.0 Å². The number of sulfonamides is 1. The molecule has 0 atom stereocenters. The molecule has 0 bridgehead atoms. The van der Waals surface area contributed by atoms with Gasteiger partial charge in [-0.3, -0.25) is 4.72 Å². The standard InChI is InChI=1S/C31H25ClN2O6S2/c1-3-40-31(37)26-19(2)29(27(21-14-16-22(32)17-15-21)34(26)23-12-8-5-9-13-23)42(38,39)33-24-18-25(41-28(24)30(35)36)20-10-6-4-7-11-20/h4-18,33H,3H2,1-2H3,(H,35,36). The van der Waals surface area contributed by atoms with Crippen LogP contribution >= 0.6 is 22.9 Å². The number of ether oxygens (including phenoxy) is 1. The van der Waals surface area contributed by atoms with Gasteiger partial charge in [-0.25, -0.2) is 18.0 Å². The summed E-state index contributed by atoms with van der Waals surface area (Å²) in [6, 6.07) is 26.0. The van der Waals surface area contributed by atoms with Gasteiger partial charge < -0.3 is 14.4 Å². The second-order valence-electron chi connectivity index (χ2n) is 9.18. The second kappa shape index (κ2) is 11.8. The normalized spacial score (nSPS) is 11.3. The third-order valence-electron chi connectivity index (χ3n) is 6.46.